The van der Waals surface area contributed by atoms with Gasteiger partial charge in [-0.15, -0.1) is 0 Å². The highest BCUT2D eigenvalue weighted by Gasteiger charge is 2.10. The van der Waals surface area contributed by atoms with Gasteiger partial charge in [0.05, 0.1) is 6.10 Å². The molecule has 1 aromatic heterocycles. The summed E-state index contributed by atoms with van der Waals surface area (Å²) >= 11 is 0. The molecule has 2 aromatic rings. The zero-order valence-corrected chi connectivity index (χ0v) is 14.3. The van der Waals surface area contributed by atoms with Crippen LogP contribution in [0, 0.1) is 0 Å². The number of aromatic nitrogens is 3. The summed E-state index contributed by atoms with van der Waals surface area (Å²) < 4.78 is 0. The number of rotatable bonds is 6. The van der Waals surface area contributed by atoms with Gasteiger partial charge in [0.1, 0.15) is 0 Å². The molecule has 130 valence electrons. The summed E-state index contributed by atoms with van der Waals surface area (Å²) in [5, 5.41) is 15.7. The number of nitrogens with one attached hydrogen (secondary N) is 2. The number of likely N-dealkylation sites (N-methyl/N-ethyl adjacent to an activating group) is 1. The average molecular weight is 338 g/mol. The van der Waals surface area contributed by atoms with E-state index >= 15 is 0 Å². The fourth-order valence-electron chi connectivity index (χ4n) is 2.27. The molecule has 1 atom stereocenters. The number of aliphatic hydroxyl groups is 1. The van der Waals surface area contributed by atoms with E-state index in [1.807, 2.05) is 49.7 Å². The van der Waals surface area contributed by atoms with Crippen LogP contribution in [-0.4, -0.2) is 51.2 Å². The molecule has 7 nitrogen and oxygen atoms in total. The van der Waals surface area contributed by atoms with Crippen molar-refractivity contribution in [1.29, 1.82) is 0 Å². The Morgan fingerprint density at radius 2 is 1.92 bits per heavy atom. The number of allylic oxidation sites excluding steroid dienone is 1. The fraction of sp³-hybridized carbons (Fsp3) is 0.278. The van der Waals surface area contributed by atoms with Crippen molar-refractivity contribution >= 4 is 11.9 Å². The summed E-state index contributed by atoms with van der Waals surface area (Å²) in [5.74, 6) is 1.46. The predicted octanol–water partition coefficient (Wildman–Crippen LogP) is 2.09. The van der Waals surface area contributed by atoms with Crippen molar-refractivity contribution in [3.63, 3.8) is 0 Å². The maximum atomic E-state index is 9.48. The molecule has 1 aromatic carbocycles. The minimum absolute atomic E-state index is 0.366. The molecule has 1 unspecified atom stereocenters. The van der Waals surface area contributed by atoms with Gasteiger partial charge in [0.2, 0.25) is 11.9 Å². The van der Waals surface area contributed by atoms with Crippen LogP contribution in [0.1, 0.15) is 6.92 Å². The highest BCUT2D eigenvalue weighted by molar-refractivity contribution is 5.58. The minimum Gasteiger partial charge on any atom is -0.392 e. The smallest absolute Gasteiger partial charge is 0.232 e. The molecule has 0 saturated carbocycles. The lowest BCUT2D eigenvalue weighted by molar-refractivity contribution is 0.208. The molecule has 3 N–H and O–H groups in total. The second-order valence-corrected chi connectivity index (χ2v) is 5.94. The average Bonchev–Trinajstić information content (AvgIpc) is 2.62. The highest BCUT2D eigenvalue weighted by Crippen LogP contribution is 2.19. The predicted molar refractivity (Wildman–Crippen MR) is 98.9 cm³/mol. The van der Waals surface area contributed by atoms with Gasteiger partial charge in [-0.2, -0.15) is 15.0 Å². The van der Waals surface area contributed by atoms with E-state index in [9.17, 15) is 5.11 Å². The van der Waals surface area contributed by atoms with E-state index < -0.39 is 6.10 Å². The van der Waals surface area contributed by atoms with Gasteiger partial charge in [-0.3, -0.25) is 0 Å². The van der Waals surface area contributed by atoms with Gasteiger partial charge in [0.15, 0.2) is 5.82 Å². The van der Waals surface area contributed by atoms with E-state index in [1.54, 1.807) is 6.92 Å². The largest absolute Gasteiger partial charge is 0.392 e. The van der Waals surface area contributed by atoms with Crippen LogP contribution in [0.25, 0.3) is 11.4 Å². The van der Waals surface area contributed by atoms with Crippen molar-refractivity contribution in [2.24, 2.45) is 0 Å². The second kappa shape index (κ2) is 7.76. The fourth-order valence-corrected chi connectivity index (χ4v) is 2.27. The van der Waals surface area contributed by atoms with Gasteiger partial charge < -0.3 is 20.6 Å². The topological polar surface area (TPSA) is 86.2 Å². The number of hydrogen-bond donors (Lipinski definition) is 3. The third-order valence-corrected chi connectivity index (χ3v) is 3.59. The number of hydrogen-bond acceptors (Lipinski definition) is 7. The van der Waals surface area contributed by atoms with E-state index in [0.717, 1.165) is 17.8 Å². The summed E-state index contributed by atoms with van der Waals surface area (Å²) in [6, 6.07) is 9.73. The van der Waals surface area contributed by atoms with Gasteiger partial charge >= 0.3 is 0 Å². The van der Waals surface area contributed by atoms with Gasteiger partial charge in [-0.1, -0.05) is 30.3 Å². The van der Waals surface area contributed by atoms with Crippen molar-refractivity contribution in [3.8, 4) is 11.4 Å². The maximum Gasteiger partial charge on any atom is 0.232 e. The normalized spacial score (nSPS) is 14.8. The Balaban J connectivity index is 1.88. The lowest BCUT2D eigenvalue weighted by Gasteiger charge is -2.18. The number of nitrogens with zero attached hydrogens (tertiary/aromatic N) is 4. The monoisotopic (exact) mass is 338 g/mol. The van der Waals surface area contributed by atoms with Crippen LogP contribution >= 0.6 is 0 Å². The minimum atomic E-state index is -0.493. The highest BCUT2D eigenvalue weighted by atomic mass is 16.3. The molecule has 3 rings (SSSR count). The van der Waals surface area contributed by atoms with Gasteiger partial charge in [-0.25, -0.2) is 0 Å². The van der Waals surface area contributed by atoms with Gasteiger partial charge in [0.25, 0.3) is 0 Å². The molecule has 0 bridgehead atoms. The lowest BCUT2D eigenvalue weighted by Crippen LogP contribution is -2.19. The Labute approximate surface area is 147 Å². The van der Waals surface area contributed by atoms with Crippen molar-refractivity contribution < 1.29 is 5.11 Å². The summed E-state index contributed by atoms with van der Waals surface area (Å²) in [4.78, 5) is 15.4. The van der Waals surface area contributed by atoms with Crippen LogP contribution in [0.15, 0.2) is 54.4 Å². The van der Waals surface area contributed by atoms with E-state index in [-0.39, 0.29) is 0 Å². The Bertz CT molecular complexity index is 772. The third-order valence-electron chi connectivity index (χ3n) is 3.59. The molecule has 0 radical (unpaired) electrons. The van der Waals surface area contributed by atoms with E-state index in [1.165, 1.54) is 0 Å². The number of benzene rings is 1. The summed E-state index contributed by atoms with van der Waals surface area (Å²) in [5.41, 5.74) is 1.84. The first-order chi connectivity index (χ1) is 12.1. The molecule has 25 heavy (non-hydrogen) atoms. The maximum absolute atomic E-state index is 9.48. The summed E-state index contributed by atoms with van der Waals surface area (Å²) in [6.45, 7) is 2.90. The van der Waals surface area contributed by atoms with Crippen LogP contribution in [0.3, 0.4) is 0 Å². The van der Waals surface area contributed by atoms with Crippen molar-refractivity contribution in [1.82, 2.24) is 19.9 Å². The Morgan fingerprint density at radius 1 is 1.16 bits per heavy atom. The van der Waals surface area contributed by atoms with Crippen LogP contribution in [0.2, 0.25) is 0 Å². The van der Waals surface area contributed by atoms with Crippen LogP contribution in [-0.2, 0) is 0 Å². The lowest BCUT2D eigenvalue weighted by atomic mass is 10.2. The quantitative estimate of drug-likeness (QED) is 0.743. The van der Waals surface area contributed by atoms with E-state index in [0.29, 0.717) is 24.3 Å². The molecule has 0 amide bonds. The standard InChI is InChI=1S/C18H22N6O/c1-13(25)12-19-17-21-16(14-6-4-3-5-7-14)22-18(23-17)20-15-8-10-24(2)11-9-15/h3-10,13,25H,11-12H2,1-2H3,(H2,19,20,21,22,23). The summed E-state index contributed by atoms with van der Waals surface area (Å²) in [6.07, 6.45) is 5.54. The Morgan fingerprint density at radius 3 is 2.60 bits per heavy atom. The zero-order valence-electron chi connectivity index (χ0n) is 14.3. The Hall–Kier alpha value is -2.93. The number of aliphatic hydroxyl groups excluding tert-OH is 1. The van der Waals surface area contributed by atoms with Crippen LogP contribution in [0.4, 0.5) is 11.9 Å². The van der Waals surface area contributed by atoms with Crippen molar-refractivity contribution in [2.45, 2.75) is 13.0 Å². The SMILES string of the molecule is CC(O)CNc1nc(NC2=CCN(C)C=C2)nc(-c2ccccc2)n1. The first kappa shape index (κ1) is 16.9. The first-order valence-electron chi connectivity index (χ1n) is 8.19. The van der Waals surface area contributed by atoms with Crippen molar-refractivity contribution in [3.05, 3.63) is 54.4 Å². The molecule has 0 fully saturated rings. The van der Waals surface area contributed by atoms with Crippen molar-refractivity contribution in [2.75, 3.05) is 30.8 Å². The van der Waals surface area contributed by atoms with E-state index in [4.69, 9.17) is 0 Å². The Kier molecular flexibility index (Phi) is 5.25. The summed E-state index contributed by atoms with van der Waals surface area (Å²) in [7, 11) is 2.01. The first-order valence-corrected chi connectivity index (χ1v) is 8.19. The molecular formula is C18H22N6O. The molecule has 0 spiro atoms. The molecule has 1 aliphatic rings. The van der Waals surface area contributed by atoms with Crippen LogP contribution < -0.4 is 10.6 Å². The van der Waals surface area contributed by atoms with Gasteiger partial charge in [-0.05, 0) is 19.1 Å². The second-order valence-electron chi connectivity index (χ2n) is 5.94. The zero-order chi connectivity index (χ0) is 17.6. The molecular weight excluding hydrogens is 316 g/mol. The van der Waals surface area contributed by atoms with Crippen LogP contribution in [0.5, 0.6) is 0 Å². The number of anilines is 2. The molecule has 2 heterocycles. The molecule has 0 saturated heterocycles. The molecule has 0 aliphatic carbocycles. The van der Waals surface area contributed by atoms with E-state index in [2.05, 4.69) is 36.6 Å². The molecule has 1 aliphatic heterocycles. The van der Waals surface area contributed by atoms with Gasteiger partial charge in [0, 0.05) is 37.6 Å². The molecule has 7 heteroatoms. The third kappa shape index (κ3) is 4.77.